The van der Waals surface area contributed by atoms with Gasteiger partial charge in [-0.1, -0.05) is 54.1 Å². The Morgan fingerprint density at radius 2 is 1.54 bits per heavy atom. The van der Waals surface area contributed by atoms with E-state index in [0.29, 0.717) is 40.7 Å². The Morgan fingerprint density at radius 3 is 2.16 bits per heavy atom. The molecule has 5 rings (SSSR count). The third kappa shape index (κ3) is 4.96. The molecule has 0 radical (unpaired) electrons. The minimum Gasteiger partial charge on any atom is -0.497 e. The lowest BCUT2D eigenvalue weighted by atomic mass is 9.63. The molecule has 3 aromatic rings. The molecule has 0 N–H and O–H groups in total. The Hall–Kier alpha value is -3.35. The smallest absolute Gasteiger partial charge is 0.255 e. The standard InChI is InChI=1S/C30H31ClN2O4/c1-36-23-16-22(17-24(18-23)37-2)27(34)19-32-14-12-30(13-15-32)20-33(28(30)21-8-4-3-5-9-21)29(35)25-10-6-7-11-26(25)31/h3-11,16-18,28H,12-15,19-20H2,1-2H3. The van der Waals surface area contributed by atoms with Crippen molar-refractivity contribution in [3.8, 4) is 11.5 Å². The van der Waals surface area contributed by atoms with Gasteiger partial charge in [0.15, 0.2) is 5.78 Å². The molecule has 7 heteroatoms. The maximum atomic E-state index is 13.5. The van der Waals surface area contributed by atoms with E-state index in [1.165, 1.54) is 0 Å². The van der Waals surface area contributed by atoms with E-state index in [1.54, 1.807) is 44.6 Å². The number of methoxy groups -OCH3 is 2. The fourth-order valence-electron chi connectivity index (χ4n) is 5.73. The van der Waals surface area contributed by atoms with E-state index in [-0.39, 0.29) is 23.1 Å². The number of hydrogen-bond donors (Lipinski definition) is 0. The Balaban J connectivity index is 1.30. The van der Waals surface area contributed by atoms with E-state index < -0.39 is 0 Å². The van der Waals surface area contributed by atoms with Crippen LogP contribution in [0.15, 0.2) is 72.8 Å². The fraction of sp³-hybridized carbons (Fsp3) is 0.333. The average Bonchev–Trinajstić information content (AvgIpc) is 2.92. The van der Waals surface area contributed by atoms with Crippen LogP contribution in [0.3, 0.4) is 0 Å². The zero-order valence-electron chi connectivity index (χ0n) is 21.2. The van der Waals surface area contributed by atoms with Crippen LogP contribution >= 0.6 is 11.6 Å². The van der Waals surface area contributed by atoms with Crippen molar-refractivity contribution >= 4 is 23.3 Å². The molecule has 0 bridgehead atoms. The Labute approximate surface area is 222 Å². The SMILES string of the molecule is COc1cc(OC)cc(C(=O)CN2CCC3(CC2)CN(C(=O)c2ccccc2Cl)C3c2ccccc2)c1. The maximum absolute atomic E-state index is 13.5. The largest absolute Gasteiger partial charge is 0.497 e. The molecule has 3 aromatic carbocycles. The van der Waals surface area contributed by atoms with Crippen molar-refractivity contribution in [1.82, 2.24) is 9.80 Å². The minimum absolute atomic E-state index is 0.0158. The predicted molar refractivity (Wildman–Crippen MR) is 144 cm³/mol. The van der Waals surface area contributed by atoms with Crippen molar-refractivity contribution in [2.45, 2.75) is 18.9 Å². The van der Waals surface area contributed by atoms with E-state index in [2.05, 4.69) is 17.0 Å². The molecule has 2 heterocycles. The molecule has 0 aromatic heterocycles. The van der Waals surface area contributed by atoms with E-state index in [9.17, 15) is 9.59 Å². The van der Waals surface area contributed by atoms with Crippen molar-refractivity contribution in [3.63, 3.8) is 0 Å². The molecule has 192 valence electrons. The molecule has 1 atom stereocenters. The minimum atomic E-state index is -0.0327. The van der Waals surface area contributed by atoms with Crippen LogP contribution in [0.1, 0.15) is 45.2 Å². The number of rotatable bonds is 7. The summed E-state index contributed by atoms with van der Waals surface area (Å²) in [7, 11) is 3.16. The number of nitrogens with zero attached hydrogens (tertiary/aromatic N) is 2. The molecule has 1 spiro atoms. The van der Waals surface area contributed by atoms with Crippen LogP contribution in [0.4, 0.5) is 0 Å². The normalized spacial score (nSPS) is 18.8. The summed E-state index contributed by atoms with van der Waals surface area (Å²) < 4.78 is 10.6. The van der Waals surface area contributed by atoms with Gasteiger partial charge in [0.25, 0.3) is 5.91 Å². The quantitative estimate of drug-likeness (QED) is 0.385. The molecule has 2 aliphatic rings. The molecule has 6 nitrogen and oxygen atoms in total. The number of hydrogen-bond acceptors (Lipinski definition) is 5. The van der Waals surface area contributed by atoms with Crippen LogP contribution in [0.25, 0.3) is 0 Å². The van der Waals surface area contributed by atoms with Crippen LogP contribution < -0.4 is 9.47 Å². The molecule has 2 saturated heterocycles. The number of ketones is 1. The summed E-state index contributed by atoms with van der Waals surface area (Å²) in [5.41, 5.74) is 2.24. The van der Waals surface area contributed by atoms with Gasteiger partial charge in [-0.25, -0.2) is 0 Å². The van der Waals surface area contributed by atoms with Crippen molar-refractivity contribution in [3.05, 3.63) is 94.5 Å². The second kappa shape index (κ2) is 10.6. The molecular weight excluding hydrogens is 488 g/mol. The monoisotopic (exact) mass is 518 g/mol. The molecule has 2 aliphatic heterocycles. The van der Waals surface area contributed by atoms with Gasteiger partial charge in [-0.2, -0.15) is 0 Å². The first-order valence-electron chi connectivity index (χ1n) is 12.5. The van der Waals surface area contributed by atoms with Crippen LogP contribution in [0.2, 0.25) is 5.02 Å². The number of amides is 1. The zero-order chi connectivity index (χ0) is 26.0. The number of likely N-dealkylation sites (tertiary alicyclic amines) is 2. The Bertz CT molecular complexity index is 1270. The summed E-state index contributed by atoms with van der Waals surface area (Å²) in [5.74, 6) is 1.21. The predicted octanol–water partition coefficient (Wildman–Crippen LogP) is 5.52. The highest BCUT2D eigenvalue weighted by molar-refractivity contribution is 6.33. The average molecular weight is 519 g/mol. The number of carbonyl (C=O) groups excluding carboxylic acids is 2. The number of benzene rings is 3. The van der Waals surface area contributed by atoms with Gasteiger partial charge >= 0.3 is 0 Å². The molecule has 37 heavy (non-hydrogen) atoms. The van der Waals surface area contributed by atoms with Gasteiger partial charge in [-0.15, -0.1) is 0 Å². The number of ether oxygens (including phenoxy) is 2. The van der Waals surface area contributed by atoms with E-state index in [0.717, 1.165) is 31.5 Å². The van der Waals surface area contributed by atoms with E-state index in [4.69, 9.17) is 21.1 Å². The van der Waals surface area contributed by atoms with Crippen molar-refractivity contribution in [2.24, 2.45) is 5.41 Å². The summed E-state index contributed by atoms with van der Waals surface area (Å²) in [5, 5.41) is 0.475. The Morgan fingerprint density at radius 1 is 0.919 bits per heavy atom. The number of carbonyl (C=O) groups is 2. The van der Waals surface area contributed by atoms with Crippen LogP contribution in [-0.2, 0) is 0 Å². The second-order valence-electron chi connectivity index (χ2n) is 9.89. The lowest BCUT2D eigenvalue weighted by molar-refractivity contribution is -0.0886. The lowest BCUT2D eigenvalue weighted by Gasteiger charge is -2.60. The number of piperidine rings is 1. The first-order valence-corrected chi connectivity index (χ1v) is 12.9. The van der Waals surface area contributed by atoms with Crippen molar-refractivity contribution in [1.29, 1.82) is 0 Å². The maximum Gasteiger partial charge on any atom is 0.255 e. The van der Waals surface area contributed by atoms with Crippen molar-refractivity contribution < 1.29 is 19.1 Å². The molecule has 1 amide bonds. The molecule has 0 saturated carbocycles. The number of Topliss-reactive ketones (excluding diaryl/α,β-unsaturated/α-hetero) is 1. The zero-order valence-corrected chi connectivity index (χ0v) is 21.9. The summed E-state index contributed by atoms with van der Waals surface area (Å²) in [6.07, 6.45) is 1.82. The fourth-order valence-corrected chi connectivity index (χ4v) is 5.95. The highest BCUT2D eigenvalue weighted by atomic mass is 35.5. The van der Waals surface area contributed by atoms with Gasteiger partial charge < -0.3 is 14.4 Å². The third-order valence-corrected chi connectivity index (χ3v) is 8.08. The van der Waals surface area contributed by atoms with Gasteiger partial charge in [-0.3, -0.25) is 14.5 Å². The molecular formula is C30H31ClN2O4. The van der Waals surface area contributed by atoms with Crippen molar-refractivity contribution in [2.75, 3.05) is 40.4 Å². The lowest BCUT2D eigenvalue weighted by Crippen LogP contribution is -2.63. The molecule has 1 unspecified atom stereocenters. The summed E-state index contributed by atoms with van der Waals surface area (Å²) in [6.45, 7) is 2.62. The number of halogens is 1. The van der Waals surface area contributed by atoms with Crippen LogP contribution in [0.5, 0.6) is 11.5 Å². The van der Waals surface area contributed by atoms with E-state index in [1.807, 2.05) is 35.2 Å². The third-order valence-electron chi connectivity index (χ3n) is 7.75. The van der Waals surface area contributed by atoms with Gasteiger partial charge in [-0.05, 0) is 55.8 Å². The first-order chi connectivity index (χ1) is 17.9. The second-order valence-corrected chi connectivity index (χ2v) is 10.3. The highest BCUT2D eigenvalue weighted by Gasteiger charge is 2.55. The van der Waals surface area contributed by atoms with Crippen LogP contribution in [-0.4, -0.2) is 61.9 Å². The summed E-state index contributed by atoms with van der Waals surface area (Å²) >= 11 is 6.37. The summed E-state index contributed by atoms with van der Waals surface area (Å²) in [4.78, 5) is 30.8. The van der Waals surface area contributed by atoms with Gasteiger partial charge in [0.1, 0.15) is 11.5 Å². The first kappa shape index (κ1) is 25.3. The Kier molecular flexibility index (Phi) is 7.22. The van der Waals surface area contributed by atoms with E-state index >= 15 is 0 Å². The molecule has 0 aliphatic carbocycles. The van der Waals surface area contributed by atoms with Crippen LogP contribution in [0, 0.1) is 5.41 Å². The highest BCUT2D eigenvalue weighted by Crippen LogP contribution is 2.55. The topological polar surface area (TPSA) is 59.1 Å². The van der Waals surface area contributed by atoms with Gasteiger partial charge in [0.2, 0.25) is 0 Å². The summed E-state index contributed by atoms with van der Waals surface area (Å²) in [6, 6.07) is 22.7. The van der Waals surface area contributed by atoms with Gasteiger partial charge in [0.05, 0.1) is 37.4 Å². The van der Waals surface area contributed by atoms with Gasteiger partial charge in [0, 0.05) is 23.6 Å². The molecule has 2 fully saturated rings.